The zero-order valence-electron chi connectivity index (χ0n) is 11.0. The predicted octanol–water partition coefficient (Wildman–Crippen LogP) is 2.52. The summed E-state index contributed by atoms with van der Waals surface area (Å²) >= 11 is 0. The molecule has 1 fully saturated rings. The molecule has 0 amide bonds. The summed E-state index contributed by atoms with van der Waals surface area (Å²) in [5.74, 6) is 0. The second-order valence-corrected chi connectivity index (χ2v) is 5.09. The Morgan fingerprint density at radius 1 is 1.24 bits per heavy atom. The Morgan fingerprint density at radius 2 is 1.88 bits per heavy atom. The molecule has 1 heterocycles. The molecule has 1 atom stereocenters. The van der Waals surface area contributed by atoms with Crippen molar-refractivity contribution in [3.05, 3.63) is 34.9 Å². The maximum absolute atomic E-state index is 3.48. The molecule has 1 aromatic rings. The van der Waals surface area contributed by atoms with E-state index in [1.54, 1.807) is 0 Å². The Balaban J connectivity index is 0.00000144. The van der Waals surface area contributed by atoms with Crippen molar-refractivity contribution in [1.82, 2.24) is 10.2 Å². The number of aryl methyl sites for hydroxylation is 2. The lowest BCUT2D eigenvalue weighted by atomic mass is 10.1. The minimum absolute atomic E-state index is 0. The van der Waals surface area contributed by atoms with Gasteiger partial charge in [0.2, 0.25) is 0 Å². The SMILES string of the molecule is Cc1cc(C)cc(CN2CCNC(C)C2)c1.Cl. The molecule has 0 spiro atoms. The third kappa shape index (κ3) is 4.30. The Hall–Kier alpha value is -0.570. The molecule has 1 aliphatic heterocycles. The van der Waals surface area contributed by atoms with Crippen molar-refractivity contribution >= 4 is 12.4 Å². The predicted molar refractivity (Wildman–Crippen MR) is 75.9 cm³/mol. The van der Waals surface area contributed by atoms with Crippen LogP contribution in [0.5, 0.6) is 0 Å². The Bertz CT molecular complexity index is 345. The van der Waals surface area contributed by atoms with Gasteiger partial charge >= 0.3 is 0 Å². The van der Waals surface area contributed by atoms with E-state index >= 15 is 0 Å². The van der Waals surface area contributed by atoms with Gasteiger partial charge in [-0.1, -0.05) is 29.3 Å². The van der Waals surface area contributed by atoms with Crippen LogP contribution in [0.4, 0.5) is 0 Å². The standard InChI is InChI=1S/C14H22N2.ClH/c1-11-6-12(2)8-14(7-11)10-16-5-4-15-13(3)9-16;/h6-8,13,15H,4-5,9-10H2,1-3H3;1H. The van der Waals surface area contributed by atoms with Gasteiger partial charge in [-0.15, -0.1) is 12.4 Å². The average molecular weight is 255 g/mol. The smallest absolute Gasteiger partial charge is 0.0235 e. The quantitative estimate of drug-likeness (QED) is 0.873. The van der Waals surface area contributed by atoms with Gasteiger partial charge in [0.1, 0.15) is 0 Å². The van der Waals surface area contributed by atoms with Gasteiger partial charge in [-0.05, 0) is 26.3 Å². The molecule has 1 saturated heterocycles. The molecule has 2 rings (SSSR count). The molecule has 0 saturated carbocycles. The normalized spacial score (nSPS) is 21.0. The summed E-state index contributed by atoms with van der Waals surface area (Å²) in [4.78, 5) is 2.54. The second kappa shape index (κ2) is 6.39. The van der Waals surface area contributed by atoms with Crippen LogP contribution in [0.25, 0.3) is 0 Å². The van der Waals surface area contributed by atoms with Crippen LogP contribution in [-0.4, -0.2) is 30.6 Å². The van der Waals surface area contributed by atoms with Gasteiger partial charge in [-0.3, -0.25) is 4.90 Å². The lowest BCUT2D eigenvalue weighted by Crippen LogP contribution is -2.48. The van der Waals surface area contributed by atoms with Crippen LogP contribution in [0.3, 0.4) is 0 Å². The zero-order valence-corrected chi connectivity index (χ0v) is 11.8. The van der Waals surface area contributed by atoms with E-state index in [0.717, 1.165) is 26.2 Å². The number of hydrogen-bond acceptors (Lipinski definition) is 2. The van der Waals surface area contributed by atoms with Gasteiger partial charge < -0.3 is 5.32 Å². The first kappa shape index (κ1) is 14.5. The van der Waals surface area contributed by atoms with E-state index in [2.05, 4.69) is 49.2 Å². The van der Waals surface area contributed by atoms with Crippen LogP contribution in [0, 0.1) is 13.8 Å². The molecular formula is C14H23ClN2. The number of nitrogens with one attached hydrogen (secondary N) is 1. The summed E-state index contributed by atoms with van der Waals surface area (Å²) in [5, 5.41) is 3.48. The summed E-state index contributed by atoms with van der Waals surface area (Å²) < 4.78 is 0. The highest BCUT2D eigenvalue weighted by Crippen LogP contribution is 2.12. The lowest BCUT2D eigenvalue weighted by molar-refractivity contribution is 0.199. The summed E-state index contributed by atoms with van der Waals surface area (Å²) in [6, 6.07) is 7.48. The van der Waals surface area contributed by atoms with E-state index < -0.39 is 0 Å². The highest BCUT2D eigenvalue weighted by Gasteiger charge is 2.15. The van der Waals surface area contributed by atoms with Gasteiger partial charge in [-0.2, -0.15) is 0 Å². The highest BCUT2D eigenvalue weighted by molar-refractivity contribution is 5.85. The van der Waals surface area contributed by atoms with E-state index in [-0.39, 0.29) is 12.4 Å². The number of halogens is 1. The van der Waals surface area contributed by atoms with E-state index in [0.29, 0.717) is 6.04 Å². The van der Waals surface area contributed by atoms with Gasteiger partial charge in [0.15, 0.2) is 0 Å². The van der Waals surface area contributed by atoms with Gasteiger partial charge in [-0.25, -0.2) is 0 Å². The number of rotatable bonds is 2. The van der Waals surface area contributed by atoms with Crippen LogP contribution in [0.2, 0.25) is 0 Å². The van der Waals surface area contributed by atoms with E-state index in [1.165, 1.54) is 16.7 Å². The molecule has 3 heteroatoms. The van der Waals surface area contributed by atoms with Crippen molar-refractivity contribution in [2.45, 2.75) is 33.4 Å². The second-order valence-electron chi connectivity index (χ2n) is 5.09. The van der Waals surface area contributed by atoms with Crippen molar-refractivity contribution in [2.24, 2.45) is 0 Å². The average Bonchev–Trinajstić information content (AvgIpc) is 2.15. The third-order valence-electron chi connectivity index (χ3n) is 3.14. The molecule has 1 aliphatic rings. The molecule has 1 unspecified atom stereocenters. The minimum atomic E-state index is 0. The first-order valence-electron chi connectivity index (χ1n) is 6.16. The fraction of sp³-hybridized carbons (Fsp3) is 0.571. The largest absolute Gasteiger partial charge is 0.312 e. The maximum atomic E-state index is 3.48. The van der Waals surface area contributed by atoms with Crippen molar-refractivity contribution < 1.29 is 0 Å². The number of piperazine rings is 1. The molecular weight excluding hydrogens is 232 g/mol. The first-order valence-corrected chi connectivity index (χ1v) is 6.16. The van der Waals surface area contributed by atoms with Gasteiger partial charge in [0.05, 0.1) is 0 Å². The Morgan fingerprint density at radius 3 is 2.47 bits per heavy atom. The third-order valence-corrected chi connectivity index (χ3v) is 3.14. The van der Waals surface area contributed by atoms with Crippen molar-refractivity contribution in [3.8, 4) is 0 Å². The molecule has 2 nitrogen and oxygen atoms in total. The van der Waals surface area contributed by atoms with Crippen molar-refractivity contribution in [1.29, 1.82) is 0 Å². The fourth-order valence-corrected chi connectivity index (χ4v) is 2.57. The van der Waals surface area contributed by atoms with E-state index in [9.17, 15) is 0 Å². The summed E-state index contributed by atoms with van der Waals surface area (Å²) in [5.41, 5.74) is 4.20. The molecule has 0 bridgehead atoms. The molecule has 0 aromatic heterocycles. The molecule has 0 aliphatic carbocycles. The Labute approximate surface area is 111 Å². The summed E-state index contributed by atoms with van der Waals surface area (Å²) in [6.45, 7) is 11.1. The Kier molecular flexibility index (Phi) is 5.44. The van der Waals surface area contributed by atoms with Gasteiger partial charge in [0.25, 0.3) is 0 Å². The van der Waals surface area contributed by atoms with Crippen LogP contribution in [-0.2, 0) is 6.54 Å². The monoisotopic (exact) mass is 254 g/mol. The van der Waals surface area contributed by atoms with Crippen LogP contribution >= 0.6 is 12.4 Å². The molecule has 0 radical (unpaired) electrons. The van der Waals surface area contributed by atoms with Crippen molar-refractivity contribution in [2.75, 3.05) is 19.6 Å². The number of hydrogen-bond donors (Lipinski definition) is 1. The molecule has 1 N–H and O–H groups in total. The van der Waals surface area contributed by atoms with Crippen molar-refractivity contribution in [3.63, 3.8) is 0 Å². The van der Waals surface area contributed by atoms with Gasteiger partial charge in [0, 0.05) is 32.2 Å². The van der Waals surface area contributed by atoms with Crippen LogP contribution in [0.1, 0.15) is 23.6 Å². The molecule has 17 heavy (non-hydrogen) atoms. The number of nitrogens with zero attached hydrogens (tertiary/aromatic N) is 1. The lowest BCUT2D eigenvalue weighted by Gasteiger charge is -2.31. The van der Waals surface area contributed by atoms with E-state index in [4.69, 9.17) is 0 Å². The molecule has 1 aromatic carbocycles. The summed E-state index contributed by atoms with van der Waals surface area (Å²) in [7, 11) is 0. The maximum Gasteiger partial charge on any atom is 0.0235 e. The fourth-order valence-electron chi connectivity index (χ4n) is 2.57. The van der Waals surface area contributed by atoms with E-state index in [1.807, 2.05) is 0 Å². The van der Waals surface area contributed by atoms with Crippen LogP contribution in [0.15, 0.2) is 18.2 Å². The molecule has 96 valence electrons. The summed E-state index contributed by atoms with van der Waals surface area (Å²) in [6.07, 6.45) is 0. The number of benzene rings is 1. The zero-order chi connectivity index (χ0) is 11.5. The first-order chi connectivity index (χ1) is 7.63. The van der Waals surface area contributed by atoms with Crippen LogP contribution < -0.4 is 5.32 Å². The highest BCUT2D eigenvalue weighted by atomic mass is 35.5. The minimum Gasteiger partial charge on any atom is -0.312 e. The topological polar surface area (TPSA) is 15.3 Å².